The van der Waals surface area contributed by atoms with Crippen molar-refractivity contribution in [3.05, 3.63) is 63.7 Å². The van der Waals surface area contributed by atoms with Crippen LogP contribution in [0.4, 0.5) is 17.1 Å². The van der Waals surface area contributed by atoms with Crippen molar-refractivity contribution in [2.45, 2.75) is 6.92 Å². The first-order chi connectivity index (χ1) is 10.4. The molecule has 0 unspecified atom stereocenters. The molecule has 0 fully saturated rings. The van der Waals surface area contributed by atoms with E-state index in [1.807, 2.05) is 0 Å². The van der Waals surface area contributed by atoms with Crippen LogP contribution in [0.25, 0.3) is 0 Å². The SMILES string of the molecule is CC(=O)c1ccc(NC(=O)c2ccc(N)c([N+](=O)[O-])c2)cc1. The van der Waals surface area contributed by atoms with Crippen molar-refractivity contribution in [3.8, 4) is 0 Å². The van der Waals surface area contributed by atoms with Gasteiger partial charge in [0, 0.05) is 22.9 Å². The number of nitrogens with one attached hydrogen (secondary N) is 1. The maximum atomic E-state index is 12.1. The normalized spacial score (nSPS) is 10.0. The first-order valence-corrected chi connectivity index (χ1v) is 6.35. The predicted octanol–water partition coefficient (Wildman–Crippen LogP) is 2.63. The highest BCUT2D eigenvalue weighted by molar-refractivity contribution is 6.05. The molecular weight excluding hydrogens is 286 g/mol. The second kappa shape index (κ2) is 6.04. The van der Waals surface area contributed by atoms with Gasteiger partial charge < -0.3 is 11.1 Å². The smallest absolute Gasteiger partial charge is 0.292 e. The minimum absolute atomic E-state index is 0.00707. The average molecular weight is 299 g/mol. The van der Waals surface area contributed by atoms with Gasteiger partial charge in [-0.15, -0.1) is 0 Å². The molecule has 0 atom stereocenters. The van der Waals surface area contributed by atoms with Crippen molar-refractivity contribution in [2.24, 2.45) is 0 Å². The quantitative estimate of drug-likeness (QED) is 0.389. The second-order valence-corrected chi connectivity index (χ2v) is 4.62. The number of ketones is 1. The average Bonchev–Trinajstić information content (AvgIpc) is 2.47. The number of benzene rings is 2. The van der Waals surface area contributed by atoms with Crippen LogP contribution in [0.2, 0.25) is 0 Å². The van der Waals surface area contributed by atoms with Crippen LogP contribution in [-0.4, -0.2) is 16.6 Å². The molecule has 0 radical (unpaired) electrons. The molecule has 7 heteroatoms. The van der Waals surface area contributed by atoms with E-state index in [0.717, 1.165) is 6.07 Å². The summed E-state index contributed by atoms with van der Waals surface area (Å²) in [7, 11) is 0. The van der Waals surface area contributed by atoms with Crippen LogP contribution in [0, 0.1) is 10.1 Å². The van der Waals surface area contributed by atoms with Gasteiger partial charge in [-0.25, -0.2) is 0 Å². The highest BCUT2D eigenvalue weighted by Crippen LogP contribution is 2.23. The van der Waals surface area contributed by atoms with Gasteiger partial charge in [0.25, 0.3) is 11.6 Å². The van der Waals surface area contributed by atoms with Crippen LogP contribution >= 0.6 is 0 Å². The van der Waals surface area contributed by atoms with Gasteiger partial charge in [-0.1, -0.05) is 0 Å². The van der Waals surface area contributed by atoms with Crippen molar-refractivity contribution in [1.29, 1.82) is 0 Å². The van der Waals surface area contributed by atoms with E-state index in [9.17, 15) is 19.7 Å². The van der Waals surface area contributed by atoms with Crippen LogP contribution in [0.1, 0.15) is 27.6 Å². The number of nitro groups is 1. The Balaban J connectivity index is 2.20. The third-order valence-electron chi connectivity index (χ3n) is 3.04. The number of carbonyl (C=O) groups is 2. The summed E-state index contributed by atoms with van der Waals surface area (Å²) in [5, 5.41) is 13.4. The lowest BCUT2D eigenvalue weighted by atomic mass is 10.1. The molecule has 2 aromatic rings. The van der Waals surface area contributed by atoms with E-state index in [-0.39, 0.29) is 22.7 Å². The van der Waals surface area contributed by atoms with Crippen molar-refractivity contribution in [2.75, 3.05) is 11.1 Å². The molecule has 7 nitrogen and oxygen atoms in total. The highest BCUT2D eigenvalue weighted by Gasteiger charge is 2.15. The molecule has 0 aliphatic heterocycles. The van der Waals surface area contributed by atoms with E-state index in [1.54, 1.807) is 24.3 Å². The van der Waals surface area contributed by atoms with E-state index in [1.165, 1.54) is 19.1 Å². The molecular formula is C15H13N3O4. The molecule has 2 rings (SSSR count). The van der Waals surface area contributed by atoms with Gasteiger partial charge in [-0.05, 0) is 43.3 Å². The van der Waals surface area contributed by atoms with Crippen molar-refractivity contribution in [1.82, 2.24) is 0 Å². The standard InChI is InChI=1S/C15H13N3O4/c1-9(19)10-2-5-12(6-3-10)17-15(20)11-4-7-13(16)14(8-11)18(21)22/h2-8H,16H2,1H3,(H,17,20). The minimum Gasteiger partial charge on any atom is -0.393 e. The monoisotopic (exact) mass is 299 g/mol. The molecule has 0 aliphatic rings. The highest BCUT2D eigenvalue weighted by atomic mass is 16.6. The summed E-state index contributed by atoms with van der Waals surface area (Å²) in [5.74, 6) is -0.578. The fraction of sp³-hybridized carbons (Fsp3) is 0.0667. The van der Waals surface area contributed by atoms with E-state index in [2.05, 4.69) is 5.32 Å². The largest absolute Gasteiger partial charge is 0.393 e. The van der Waals surface area contributed by atoms with E-state index < -0.39 is 10.8 Å². The van der Waals surface area contributed by atoms with Crippen LogP contribution in [-0.2, 0) is 0 Å². The van der Waals surface area contributed by atoms with Gasteiger partial charge in [0.1, 0.15) is 5.69 Å². The number of Topliss-reactive ketones (excluding diaryl/α,β-unsaturated/α-hetero) is 1. The number of hydrogen-bond donors (Lipinski definition) is 2. The van der Waals surface area contributed by atoms with Crippen LogP contribution < -0.4 is 11.1 Å². The molecule has 2 aromatic carbocycles. The molecule has 1 amide bonds. The molecule has 22 heavy (non-hydrogen) atoms. The molecule has 0 bridgehead atoms. The Morgan fingerprint density at radius 2 is 1.68 bits per heavy atom. The number of nitrogen functional groups attached to an aromatic ring is 1. The predicted molar refractivity (Wildman–Crippen MR) is 81.9 cm³/mol. The zero-order valence-corrected chi connectivity index (χ0v) is 11.7. The number of nitro benzene ring substituents is 1. The summed E-state index contributed by atoms with van der Waals surface area (Å²) in [5.41, 5.74) is 6.29. The van der Waals surface area contributed by atoms with Gasteiger partial charge in [0.15, 0.2) is 5.78 Å². The maximum absolute atomic E-state index is 12.1. The first kappa shape index (κ1) is 15.2. The molecule has 0 aromatic heterocycles. The lowest BCUT2D eigenvalue weighted by Gasteiger charge is -2.06. The molecule has 112 valence electrons. The minimum atomic E-state index is -0.645. The van der Waals surface area contributed by atoms with Crippen LogP contribution in [0.5, 0.6) is 0 Å². The summed E-state index contributed by atoms with van der Waals surface area (Å²) in [4.78, 5) is 33.4. The van der Waals surface area contributed by atoms with Gasteiger partial charge >= 0.3 is 0 Å². The number of anilines is 2. The summed E-state index contributed by atoms with van der Waals surface area (Å²) < 4.78 is 0. The van der Waals surface area contributed by atoms with Gasteiger partial charge in [-0.2, -0.15) is 0 Å². The third-order valence-corrected chi connectivity index (χ3v) is 3.04. The Hall–Kier alpha value is -3.22. The second-order valence-electron chi connectivity index (χ2n) is 4.62. The van der Waals surface area contributed by atoms with Crippen LogP contribution in [0.3, 0.4) is 0 Å². The van der Waals surface area contributed by atoms with Crippen molar-refractivity contribution in [3.63, 3.8) is 0 Å². The Kier molecular flexibility index (Phi) is 4.17. The zero-order valence-electron chi connectivity index (χ0n) is 11.7. The summed E-state index contributed by atoms with van der Waals surface area (Å²) >= 11 is 0. The van der Waals surface area contributed by atoms with Crippen molar-refractivity contribution >= 4 is 28.8 Å². The number of carbonyl (C=O) groups excluding carboxylic acids is 2. The fourth-order valence-corrected chi connectivity index (χ4v) is 1.83. The summed E-state index contributed by atoms with van der Waals surface area (Å²) in [6.45, 7) is 1.45. The Morgan fingerprint density at radius 3 is 2.23 bits per heavy atom. The number of hydrogen-bond acceptors (Lipinski definition) is 5. The Labute approximate surface area is 125 Å². The number of nitrogens with zero attached hydrogens (tertiary/aromatic N) is 1. The Bertz CT molecular complexity index is 754. The van der Waals surface area contributed by atoms with Crippen molar-refractivity contribution < 1.29 is 14.5 Å². The summed E-state index contributed by atoms with van der Waals surface area (Å²) in [6, 6.07) is 10.2. The molecule has 0 aliphatic carbocycles. The van der Waals surface area contributed by atoms with Gasteiger partial charge in [0.2, 0.25) is 0 Å². The number of amides is 1. The lowest BCUT2D eigenvalue weighted by Crippen LogP contribution is -2.12. The van der Waals surface area contributed by atoms with Crippen LogP contribution in [0.15, 0.2) is 42.5 Å². The topological polar surface area (TPSA) is 115 Å². The fourth-order valence-electron chi connectivity index (χ4n) is 1.83. The molecule has 0 heterocycles. The van der Waals surface area contributed by atoms with E-state index in [4.69, 9.17) is 5.73 Å². The van der Waals surface area contributed by atoms with E-state index in [0.29, 0.717) is 11.3 Å². The number of rotatable bonds is 4. The Morgan fingerprint density at radius 1 is 1.09 bits per heavy atom. The third kappa shape index (κ3) is 3.26. The molecule has 0 saturated carbocycles. The maximum Gasteiger partial charge on any atom is 0.292 e. The number of nitrogens with two attached hydrogens (primary N) is 1. The molecule has 0 saturated heterocycles. The lowest BCUT2D eigenvalue weighted by molar-refractivity contribution is -0.383. The molecule has 0 spiro atoms. The van der Waals surface area contributed by atoms with Gasteiger partial charge in [0.05, 0.1) is 4.92 Å². The zero-order chi connectivity index (χ0) is 16.3. The summed E-state index contributed by atoms with van der Waals surface area (Å²) in [6.07, 6.45) is 0. The molecule has 3 N–H and O–H groups in total. The first-order valence-electron chi connectivity index (χ1n) is 6.35. The van der Waals surface area contributed by atoms with Gasteiger partial charge in [-0.3, -0.25) is 19.7 Å². The van der Waals surface area contributed by atoms with E-state index >= 15 is 0 Å².